The van der Waals surface area contributed by atoms with E-state index < -0.39 is 0 Å². The first-order valence-corrected chi connectivity index (χ1v) is 11.6. The number of piperazine rings is 1. The lowest BCUT2D eigenvalue weighted by molar-refractivity contribution is 0.117. The third kappa shape index (κ3) is 4.01. The minimum Gasteiger partial charge on any atom is -0.495 e. The second-order valence-corrected chi connectivity index (χ2v) is 9.11. The standard InChI is InChI=1S/C25H33N5O/c1-18-15-22-23(16-19(18)2)27-30(26-22)21-8-6-7-20(17-21)28-11-13-29(14-12-28)24-9-4-5-10-25(24)31-3/h4-5,9-10,15-16,20-21H,6-8,11-14,17H2,1-3H3/t20-,21+/m1/s1. The molecule has 0 unspecified atom stereocenters. The van der Waals surface area contributed by atoms with E-state index in [0.29, 0.717) is 12.1 Å². The number of para-hydroxylation sites is 2. The Labute approximate surface area is 184 Å². The maximum absolute atomic E-state index is 5.57. The fraction of sp³-hybridized carbons (Fsp3) is 0.520. The fourth-order valence-corrected chi connectivity index (χ4v) is 5.25. The van der Waals surface area contributed by atoms with Gasteiger partial charge in [0.2, 0.25) is 0 Å². The largest absolute Gasteiger partial charge is 0.495 e. The topological polar surface area (TPSA) is 46.4 Å². The van der Waals surface area contributed by atoms with Crippen molar-refractivity contribution in [3.63, 3.8) is 0 Å². The molecular formula is C25H33N5O. The van der Waals surface area contributed by atoms with E-state index in [-0.39, 0.29) is 0 Å². The molecule has 6 nitrogen and oxygen atoms in total. The molecule has 2 heterocycles. The van der Waals surface area contributed by atoms with Crippen LogP contribution in [0, 0.1) is 13.8 Å². The van der Waals surface area contributed by atoms with Crippen LogP contribution in [-0.4, -0.2) is 59.2 Å². The summed E-state index contributed by atoms with van der Waals surface area (Å²) in [5.41, 5.74) is 5.83. The summed E-state index contributed by atoms with van der Waals surface area (Å²) >= 11 is 0. The van der Waals surface area contributed by atoms with Crippen molar-refractivity contribution in [1.29, 1.82) is 0 Å². The molecule has 164 valence electrons. The fourth-order valence-electron chi connectivity index (χ4n) is 5.25. The van der Waals surface area contributed by atoms with Crippen LogP contribution in [0.1, 0.15) is 42.9 Å². The van der Waals surface area contributed by atoms with Crippen molar-refractivity contribution in [2.24, 2.45) is 0 Å². The number of rotatable bonds is 4. The molecular weight excluding hydrogens is 386 g/mol. The molecule has 5 rings (SSSR count). The molecule has 2 fully saturated rings. The average Bonchev–Trinajstić information content (AvgIpc) is 3.22. The van der Waals surface area contributed by atoms with Gasteiger partial charge in [-0.05, 0) is 74.9 Å². The number of aryl methyl sites for hydroxylation is 2. The van der Waals surface area contributed by atoms with Crippen molar-refractivity contribution < 1.29 is 4.74 Å². The molecule has 1 aliphatic carbocycles. The Morgan fingerprint density at radius 3 is 2.19 bits per heavy atom. The lowest BCUT2D eigenvalue weighted by atomic mass is 9.90. The molecule has 3 aromatic rings. The number of anilines is 1. The summed E-state index contributed by atoms with van der Waals surface area (Å²) in [6.45, 7) is 8.59. The van der Waals surface area contributed by atoms with E-state index in [1.807, 2.05) is 10.9 Å². The number of benzene rings is 2. The summed E-state index contributed by atoms with van der Waals surface area (Å²) < 4.78 is 5.57. The van der Waals surface area contributed by atoms with Gasteiger partial charge in [0.05, 0.1) is 18.8 Å². The quantitative estimate of drug-likeness (QED) is 0.629. The number of ether oxygens (including phenoxy) is 1. The predicted octanol–water partition coefficient (Wildman–Crippen LogP) is 4.36. The van der Waals surface area contributed by atoms with Gasteiger partial charge >= 0.3 is 0 Å². The number of fused-ring (bicyclic) bond motifs is 1. The first-order chi connectivity index (χ1) is 15.1. The molecule has 31 heavy (non-hydrogen) atoms. The third-order valence-corrected chi connectivity index (χ3v) is 7.21. The number of hydrogen-bond acceptors (Lipinski definition) is 5. The van der Waals surface area contributed by atoms with Gasteiger partial charge in [0.1, 0.15) is 16.8 Å². The molecule has 6 heteroatoms. The highest BCUT2D eigenvalue weighted by Crippen LogP contribution is 2.33. The normalized spacial score (nSPS) is 22.7. The molecule has 1 saturated carbocycles. The highest BCUT2D eigenvalue weighted by molar-refractivity contribution is 5.75. The van der Waals surface area contributed by atoms with E-state index >= 15 is 0 Å². The van der Waals surface area contributed by atoms with Crippen molar-refractivity contribution in [3.8, 4) is 5.75 Å². The van der Waals surface area contributed by atoms with Gasteiger partial charge in [-0.2, -0.15) is 15.0 Å². The van der Waals surface area contributed by atoms with E-state index in [0.717, 1.165) is 49.4 Å². The minimum atomic E-state index is 0.402. The molecule has 0 bridgehead atoms. The van der Waals surface area contributed by atoms with E-state index in [1.54, 1.807) is 7.11 Å². The van der Waals surface area contributed by atoms with Crippen LogP contribution in [0.15, 0.2) is 36.4 Å². The van der Waals surface area contributed by atoms with Crippen LogP contribution < -0.4 is 9.64 Å². The van der Waals surface area contributed by atoms with Crippen LogP contribution in [0.25, 0.3) is 11.0 Å². The first-order valence-electron chi connectivity index (χ1n) is 11.6. The molecule has 2 atom stereocenters. The van der Waals surface area contributed by atoms with Crippen molar-refractivity contribution in [1.82, 2.24) is 19.9 Å². The summed E-state index contributed by atoms with van der Waals surface area (Å²) in [5.74, 6) is 0.968. The average molecular weight is 420 g/mol. The van der Waals surface area contributed by atoms with E-state index in [1.165, 1.54) is 36.1 Å². The number of nitrogens with zero attached hydrogens (tertiary/aromatic N) is 5. The summed E-state index contributed by atoms with van der Waals surface area (Å²) in [7, 11) is 1.76. The molecule has 0 radical (unpaired) electrons. The van der Waals surface area contributed by atoms with Crippen molar-refractivity contribution in [2.45, 2.75) is 51.6 Å². The van der Waals surface area contributed by atoms with Crippen LogP contribution in [0.3, 0.4) is 0 Å². The molecule has 0 amide bonds. The Balaban J connectivity index is 1.25. The minimum absolute atomic E-state index is 0.402. The van der Waals surface area contributed by atoms with Gasteiger partial charge in [-0.25, -0.2) is 0 Å². The summed E-state index contributed by atoms with van der Waals surface area (Å²) in [6, 6.07) is 13.7. The highest BCUT2D eigenvalue weighted by Gasteiger charge is 2.31. The van der Waals surface area contributed by atoms with Gasteiger partial charge in [0, 0.05) is 32.2 Å². The third-order valence-electron chi connectivity index (χ3n) is 7.21. The lowest BCUT2D eigenvalue weighted by Gasteiger charge is -2.43. The summed E-state index contributed by atoms with van der Waals surface area (Å²) in [5, 5.41) is 9.71. The van der Waals surface area contributed by atoms with E-state index in [9.17, 15) is 0 Å². The number of aromatic nitrogens is 3. The molecule has 0 N–H and O–H groups in total. The highest BCUT2D eigenvalue weighted by atomic mass is 16.5. The zero-order chi connectivity index (χ0) is 21.4. The van der Waals surface area contributed by atoms with Gasteiger partial charge < -0.3 is 9.64 Å². The summed E-state index contributed by atoms with van der Waals surface area (Å²) in [4.78, 5) is 7.17. The van der Waals surface area contributed by atoms with Crippen LogP contribution in [0.4, 0.5) is 5.69 Å². The van der Waals surface area contributed by atoms with Crippen LogP contribution in [0.2, 0.25) is 0 Å². The smallest absolute Gasteiger partial charge is 0.142 e. The maximum Gasteiger partial charge on any atom is 0.142 e. The van der Waals surface area contributed by atoms with E-state index in [4.69, 9.17) is 14.9 Å². The lowest BCUT2D eigenvalue weighted by Crippen LogP contribution is -2.51. The van der Waals surface area contributed by atoms with Crippen LogP contribution in [0.5, 0.6) is 5.75 Å². The monoisotopic (exact) mass is 419 g/mol. The molecule has 1 aromatic heterocycles. The van der Waals surface area contributed by atoms with Crippen molar-refractivity contribution >= 4 is 16.7 Å². The Morgan fingerprint density at radius 2 is 1.52 bits per heavy atom. The zero-order valence-corrected chi connectivity index (χ0v) is 18.9. The van der Waals surface area contributed by atoms with Gasteiger partial charge in [-0.3, -0.25) is 4.90 Å². The second-order valence-electron chi connectivity index (χ2n) is 9.11. The Bertz CT molecular complexity index is 1010. The second kappa shape index (κ2) is 8.50. The van der Waals surface area contributed by atoms with Crippen molar-refractivity contribution in [3.05, 3.63) is 47.5 Å². The molecule has 2 aromatic carbocycles. The number of hydrogen-bond donors (Lipinski definition) is 0. The van der Waals surface area contributed by atoms with Gasteiger partial charge in [0.15, 0.2) is 0 Å². The van der Waals surface area contributed by atoms with Gasteiger partial charge in [0.25, 0.3) is 0 Å². The van der Waals surface area contributed by atoms with E-state index in [2.05, 4.69) is 54.0 Å². The Morgan fingerprint density at radius 1 is 0.871 bits per heavy atom. The SMILES string of the molecule is COc1ccccc1N1CCN([C@@H]2CCC[C@H](n3nc4cc(C)c(C)cc4n3)C2)CC1. The molecule has 2 aliphatic rings. The van der Waals surface area contributed by atoms with Crippen LogP contribution in [-0.2, 0) is 0 Å². The zero-order valence-electron chi connectivity index (χ0n) is 18.9. The predicted molar refractivity (Wildman–Crippen MR) is 125 cm³/mol. The van der Waals surface area contributed by atoms with Crippen molar-refractivity contribution in [2.75, 3.05) is 38.2 Å². The Hall–Kier alpha value is -2.60. The maximum atomic E-state index is 5.57. The molecule has 1 saturated heterocycles. The Kier molecular flexibility index (Phi) is 5.57. The van der Waals surface area contributed by atoms with Gasteiger partial charge in [-0.15, -0.1) is 0 Å². The molecule has 1 aliphatic heterocycles. The van der Waals surface area contributed by atoms with Crippen LogP contribution >= 0.6 is 0 Å². The summed E-state index contributed by atoms with van der Waals surface area (Å²) in [6.07, 6.45) is 4.85. The van der Waals surface area contributed by atoms with Gasteiger partial charge in [-0.1, -0.05) is 12.1 Å². The first kappa shape index (κ1) is 20.3. The number of methoxy groups -OCH3 is 1. The molecule has 0 spiro atoms.